The predicted molar refractivity (Wildman–Crippen MR) is 78.7 cm³/mol. The summed E-state index contributed by atoms with van der Waals surface area (Å²) in [6.07, 6.45) is 7.82. The van der Waals surface area contributed by atoms with Crippen LogP contribution < -0.4 is 15.0 Å². The Bertz CT molecular complexity index is 552. The highest BCUT2D eigenvalue weighted by atomic mass is 16.5. The summed E-state index contributed by atoms with van der Waals surface area (Å²) in [6, 6.07) is 8.48. The summed E-state index contributed by atoms with van der Waals surface area (Å²) in [4.78, 5) is 2.48. The van der Waals surface area contributed by atoms with Gasteiger partial charge in [0.1, 0.15) is 11.9 Å². The number of rotatable bonds is 1. The molecule has 3 nitrogen and oxygen atoms in total. The molecule has 0 amide bonds. The molecule has 1 aromatic rings. The van der Waals surface area contributed by atoms with E-state index in [2.05, 4.69) is 41.4 Å². The Morgan fingerprint density at radius 3 is 2.75 bits per heavy atom. The third-order valence-electron chi connectivity index (χ3n) is 6.12. The summed E-state index contributed by atoms with van der Waals surface area (Å²) in [5.41, 5.74) is 1.67. The largest absolute Gasteiger partial charge is 0.469 e. The van der Waals surface area contributed by atoms with Gasteiger partial charge in [-0.15, -0.1) is 0 Å². The highest BCUT2D eigenvalue weighted by molar-refractivity contribution is 5.64. The summed E-state index contributed by atoms with van der Waals surface area (Å²) >= 11 is 0. The number of hydrogen-bond donors (Lipinski definition) is 1. The topological polar surface area (TPSA) is 34.4 Å². The van der Waals surface area contributed by atoms with Crippen molar-refractivity contribution < 1.29 is 4.74 Å². The third kappa shape index (κ3) is 1.34. The van der Waals surface area contributed by atoms with Gasteiger partial charge >= 0.3 is 0 Å². The van der Waals surface area contributed by atoms with Crippen molar-refractivity contribution in [3.05, 3.63) is 24.3 Å². The minimum Gasteiger partial charge on any atom is -0.469 e. The Balaban J connectivity index is 1.48. The van der Waals surface area contributed by atoms with Crippen LogP contribution in [-0.4, -0.2) is 17.9 Å². The van der Waals surface area contributed by atoms with Crippen molar-refractivity contribution >= 4 is 5.69 Å². The number of ether oxygens (including phenoxy) is 1. The monoisotopic (exact) mass is 270 g/mol. The summed E-state index contributed by atoms with van der Waals surface area (Å²) in [5, 5.41) is 3.87. The van der Waals surface area contributed by atoms with Crippen molar-refractivity contribution in [2.24, 2.45) is 11.8 Å². The second-order valence-electron chi connectivity index (χ2n) is 7.10. The molecule has 3 aliphatic carbocycles. The Labute approximate surface area is 120 Å². The van der Waals surface area contributed by atoms with Gasteiger partial charge in [0.05, 0.1) is 11.2 Å². The van der Waals surface area contributed by atoms with E-state index in [4.69, 9.17) is 4.74 Å². The van der Waals surface area contributed by atoms with Crippen LogP contribution in [-0.2, 0) is 0 Å². The maximum absolute atomic E-state index is 6.02. The molecule has 1 unspecified atom stereocenters. The lowest BCUT2D eigenvalue weighted by Gasteiger charge is -2.43. The Kier molecular flexibility index (Phi) is 2.12. The summed E-state index contributed by atoms with van der Waals surface area (Å²) in [7, 11) is 0. The fourth-order valence-electron chi connectivity index (χ4n) is 5.12. The lowest BCUT2D eigenvalue weighted by Crippen LogP contribution is -2.46. The molecule has 3 heteroatoms. The second-order valence-corrected chi connectivity index (χ2v) is 7.10. The first-order chi connectivity index (χ1) is 9.78. The van der Waals surface area contributed by atoms with Crippen LogP contribution in [0.25, 0.3) is 0 Å². The Hall–Kier alpha value is -1.22. The Morgan fingerprint density at radius 1 is 1.20 bits per heavy atom. The fraction of sp³-hybridized carbons (Fsp3) is 0.647. The molecule has 0 aromatic heterocycles. The van der Waals surface area contributed by atoms with Crippen LogP contribution in [0.4, 0.5) is 5.69 Å². The molecule has 1 saturated heterocycles. The number of nitrogens with zero attached hydrogens (tertiary/aromatic N) is 1. The standard InChI is InChI=1S/C17H22N2O/c1-11-19(14-4-2-3-5-15(14)20-11)16-17(18-16)10-12-6-8-13(17)9-7-12/h2-5,11-13,16,18H,6-10H2,1H3/t11-,12?,13?,16?,17-/m1/s1. The lowest BCUT2D eigenvalue weighted by molar-refractivity contribution is 0.119. The smallest absolute Gasteiger partial charge is 0.171 e. The molecule has 2 aliphatic heterocycles. The van der Waals surface area contributed by atoms with Crippen molar-refractivity contribution in [1.29, 1.82) is 0 Å². The van der Waals surface area contributed by atoms with Crippen molar-refractivity contribution in [3.63, 3.8) is 0 Å². The number of anilines is 1. The van der Waals surface area contributed by atoms with Crippen LogP contribution in [0.2, 0.25) is 0 Å². The van der Waals surface area contributed by atoms with Crippen LogP contribution in [0.1, 0.15) is 39.0 Å². The normalized spacial score (nSPS) is 44.5. The van der Waals surface area contributed by atoms with Crippen molar-refractivity contribution in [1.82, 2.24) is 5.32 Å². The van der Waals surface area contributed by atoms with Crippen LogP contribution in [0.5, 0.6) is 5.75 Å². The molecule has 1 aromatic carbocycles. The molecule has 4 fully saturated rings. The van der Waals surface area contributed by atoms with Gasteiger partial charge in [0, 0.05) is 0 Å². The zero-order valence-electron chi connectivity index (χ0n) is 12.0. The number of nitrogens with one attached hydrogen (secondary N) is 1. The maximum Gasteiger partial charge on any atom is 0.171 e. The first-order valence-electron chi connectivity index (χ1n) is 8.10. The molecule has 3 atom stereocenters. The van der Waals surface area contributed by atoms with Crippen molar-refractivity contribution in [3.8, 4) is 5.75 Å². The van der Waals surface area contributed by atoms with Gasteiger partial charge < -0.3 is 9.64 Å². The molecule has 5 aliphatic rings. The number of benzene rings is 1. The van der Waals surface area contributed by atoms with Gasteiger partial charge in [-0.3, -0.25) is 5.32 Å². The molecule has 2 heterocycles. The third-order valence-corrected chi connectivity index (χ3v) is 6.12. The highest BCUT2D eigenvalue weighted by Gasteiger charge is 2.65. The minimum absolute atomic E-state index is 0.157. The molecule has 1 spiro atoms. The average Bonchev–Trinajstić information content (AvgIpc) is 3.04. The fourth-order valence-corrected chi connectivity index (χ4v) is 5.12. The van der Waals surface area contributed by atoms with Gasteiger partial charge in [-0.1, -0.05) is 25.0 Å². The SMILES string of the molecule is C[C@H]1Oc2ccccc2N1C1N[C@@]12CC1CCC2CC1. The molecule has 6 rings (SSSR count). The molecular weight excluding hydrogens is 248 g/mol. The molecule has 3 saturated carbocycles. The second kappa shape index (κ2) is 3.70. The summed E-state index contributed by atoms with van der Waals surface area (Å²) < 4.78 is 6.02. The minimum atomic E-state index is 0.157. The van der Waals surface area contributed by atoms with E-state index < -0.39 is 0 Å². The van der Waals surface area contributed by atoms with E-state index in [9.17, 15) is 0 Å². The first kappa shape index (κ1) is 11.4. The number of para-hydroxylation sites is 2. The number of hydrogen-bond acceptors (Lipinski definition) is 3. The predicted octanol–water partition coefficient (Wildman–Crippen LogP) is 3.11. The Morgan fingerprint density at radius 2 is 2.00 bits per heavy atom. The molecule has 2 bridgehead atoms. The molecule has 20 heavy (non-hydrogen) atoms. The van der Waals surface area contributed by atoms with E-state index >= 15 is 0 Å². The van der Waals surface area contributed by atoms with Gasteiger partial charge in [-0.2, -0.15) is 0 Å². The first-order valence-corrected chi connectivity index (χ1v) is 8.10. The lowest BCUT2D eigenvalue weighted by atomic mass is 9.63. The van der Waals surface area contributed by atoms with E-state index in [0.29, 0.717) is 11.7 Å². The van der Waals surface area contributed by atoms with Crippen molar-refractivity contribution in [2.45, 2.75) is 57.0 Å². The number of fused-ring (bicyclic) bond motifs is 3. The van der Waals surface area contributed by atoms with E-state index in [0.717, 1.165) is 17.6 Å². The van der Waals surface area contributed by atoms with Crippen LogP contribution in [0, 0.1) is 11.8 Å². The quantitative estimate of drug-likeness (QED) is 0.796. The summed E-state index contributed by atoms with van der Waals surface area (Å²) in [6.45, 7) is 2.18. The van der Waals surface area contributed by atoms with Gasteiger partial charge in [-0.05, 0) is 50.2 Å². The van der Waals surface area contributed by atoms with Crippen LogP contribution in [0.15, 0.2) is 24.3 Å². The van der Waals surface area contributed by atoms with E-state index in [1.807, 2.05) is 0 Å². The van der Waals surface area contributed by atoms with Gasteiger partial charge in [-0.25, -0.2) is 0 Å². The summed E-state index contributed by atoms with van der Waals surface area (Å²) in [5.74, 6) is 2.90. The molecule has 106 valence electrons. The molecule has 1 N–H and O–H groups in total. The molecule has 0 radical (unpaired) electrons. The van der Waals surface area contributed by atoms with Crippen LogP contribution in [0.3, 0.4) is 0 Å². The molecular formula is C17H22N2O. The zero-order chi connectivity index (χ0) is 13.3. The van der Waals surface area contributed by atoms with Gasteiger partial charge in [0.25, 0.3) is 0 Å². The van der Waals surface area contributed by atoms with Gasteiger partial charge in [0.15, 0.2) is 6.23 Å². The average molecular weight is 270 g/mol. The van der Waals surface area contributed by atoms with Crippen LogP contribution >= 0.6 is 0 Å². The highest BCUT2D eigenvalue weighted by Crippen LogP contribution is 2.57. The van der Waals surface area contributed by atoms with Crippen molar-refractivity contribution in [2.75, 3.05) is 4.90 Å². The van der Waals surface area contributed by atoms with E-state index in [1.165, 1.54) is 37.8 Å². The zero-order valence-corrected chi connectivity index (χ0v) is 12.0. The van der Waals surface area contributed by atoms with E-state index in [1.54, 1.807) is 0 Å². The van der Waals surface area contributed by atoms with E-state index in [-0.39, 0.29) is 6.23 Å². The maximum atomic E-state index is 6.02. The van der Waals surface area contributed by atoms with Gasteiger partial charge in [0.2, 0.25) is 0 Å².